The van der Waals surface area contributed by atoms with Crippen LogP contribution >= 0.6 is 0 Å². The molecule has 0 saturated carbocycles. The largest absolute Gasteiger partial charge is 0.337 e. The zero-order valence-corrected chi connectivity index (χ0v) is 14.7. The molecule has 0 saturated heterocycles. The van der Waals surface area contributed by atoms with E-state index in [2.05, 4.69) is 19.2 Å². The van der Waals surface area contributed by atoms with Crippen molar-refractivity contribution in [1.29, 1.82) is 0 Å². The van der Waals surface area contributed by atoms with Gasteiger partial charge >= 0.3 is 0 Å². The molecule has 0 atom stereocenters. The van der Waals surface area contributed by atoms with Crippen LogP contribution in [0.4, 0.5) is 5.69 Å². The van der Waals surface area contributed by atoms with Crippen LogP contribution in [0.25, 0.3) is 10.9 Å². The first-order chi connectivity index (χ1) is 12.0. The number of hydrogen-bond donors (Lipinski definition) is 1. The maximum Gasteiger partial charge on any atom is 0.244 e. The number of nitrogens with zero attached hydrogens (tertiary/aromatic N) is 1. The lowest BCUT2D eigenvalue weighted by Gasteiger charge is -2.16. The van der Waals surface area contributed by atoms with Crippen molar-refractivity contribution < 1.29 is 9.59 Å². The third kappa shape index (κ3) is 3.33. The second-order valence-corrected chi connectivity index (χ2v) is 6.59. The summed E-state index contributed by atoms with van der Waals surface area (Å²) in [5.41, 5.74) is 4.54. The molecule has 1 aromatic heterocycles. The highest BCUT2D eigenvalue weighted by Gasteiger charge is 2.14. The van der Waals surface area contributed by atoms with Crippen molar-refractivity contribution in [1.82, 2.24) is 4.57 Å². The number of aryl methyl sites for hydroxylation is 1. The Kier molecular flexibility index (Phi) is 4.70. The molecular weight excluding hydrogens is 312 g/mol. The second kappa shape index (κ2) is 6.93. The molecule has 0 bridgehead atoms. The van der Waals surface area contributed by atoms with Crippen molar-refractivity contribution in [2.24, 2.45) is 0 Å². The Morgan fingerprint density at radius 2 is 1.92 bits per heavy atom. The van der Waals surface area contributed by atoms with Gasteiger partial charge in [0.05, 0.1) is 0 Å². The lowest BCUT2D eigenvalue weighted by Crippen LogP contribution is -2.20. The molecule has 128 valence electrons. The van der Waals surface area contributed by atoms with Crippen LogP contribution in [0, 0.1) is 6.92 Å². The van der Waals surface area contributed by atoms with Crippen LogP contribution in [0.15, 0.2) is 48.7 Å². The Balaban J connectivity index is 1.89. The van der Waals surface area contributed by atoms with Gasteiger partial charge in [-0.15, -0.1) is 0 Å². The van der Waals surface area contributed by atoms with Gasteiger partial charge in [-0.05, 0) is 30.0 Å². The minimum absolute atomic E-state index is 0.102. The van der Waals surface area contributed by atoms with E-state index < -0.39 is 0 Å². The van der Waals surface area contributed by atoms with Crippen LogP contribution in [0.5, 0.6) is 0 Å². The summed E-state index contributed by atoms with van der Waals surface area (Å²) in [6.07, 6.45) is 2.56. The van der Waals surface area contributed by atoms with Gasteiger partial charge in [0, 0.05) is 28.4 Å². The molecule has 1 N–H and O–H groups in total. The minimum atomic E-state index is -0.102. The lowest BCUT2D eigenvalue weighted by atomic mass is 9.98. The number of nitrogens with one attached hydrogen (secondary N) is 1. The van der Waals surface area contributed by atoms with Crippen LogP contribution in [0.2, 0.25) is 0 Å². The average Bonchev–Trinajstić information content (AvgIpc) is 2.94. The van der Waals surface area contributed by atoms with Gasteiger partial charge in [-0.3, -0.25) is 9.59 Å². The fourth-order valence-corrected chi connectivity index (χ4v) is 3.18. The highest BCUT2D eigenvalue weighted by atomic mass is 16.2. The van der Waals surface area contributed by atoms with E-state index in [4.69, 9.17) is 0 Å². The van der Waals surface area contributed by atoms with E-state index >= 15 is 0 Å². The summed E-state index contributed by atoms with van der Waals surface area (Å²) in [7, 11) is 0. The third-order valence-electron chi connectivity index (χ3n) is 4.45. The van der Waals surface area contributed by atoms with Crippen molar-refractivity contribution in [2.75, 3.05) is 5.32 Å². The molecule has 0 aliphatic heterocycles. The second-order valence-electron chi connectivity index (χ2n) is 6.59. The quantitative estimate of drug-likeness (QED) is 0.697. The maximum atomic E-state index is 12.6. The maximum absolute atomic E-state index is 12.6. The van der Waals surface area contributed by atoms with E-state index in [-0.39, 0.29) is 12.5 Å². The number of benzene rings is 2. The molecule has 3 aromatic rings. The van der Waals surface area contributed by atoms with Gasteiger partial charge in [-0.1, -0.05) is 50.2 Å². The number of rotatable bonds is 5. The summed E-state index contributed by atoms with van der Waals surface area (Å²) in [6.45, 7) is 6.39. The average molecular weight is 334 g/mol. The highest BCUT2D eigenvalue weighted by molar-refractivity contribution is 5.99. The molecule has 0 aliphatic carbocycles. The molecule has 4 heteroatoms. The first kappa shape index (κ1) is 17.0. The van der Waals surface area contributed by atoms with E-state index in [0.29, 0.717) is 11.5 Å². The molecule has 2 aromatic carbocycles. The van der Waals surface area contributed by atoms with E-state index in [1.54, 1.807) is 6.20 Å². The zero-order valence-electron chi connectivity index (χ0n) is 14.7. The number of fused-ring (bicyclic) bond motifs is 1. The van der Waals surface area contributed by atoms with Crippen LogP contribution in [-0.2, 0) is 11.3 Å². The molecule has 0 spiro atoms. The smallest absolute Gasteiger partial charge is 0.244 e. The Labute approximate surface area is 147 Å². The molecule has 3 rings (SSSR count). The highest BCUT2D eigenvalue weighted by Crippen LogP contribution is 2.27. The van der Waals surface area contributed by atoms with Crippen molar-refractivity contribution in [3.05, 3.63) is 65.4 Å². The van der Waals surface area contributed by atoms with Crippen LogP contribution in [-0.4, -0.2) is 16.8 Å². The number of para-hydroxylation sites is 2. The summed E-state index contributed by atoms with van der Waals surface area (Å²) in [6, 6.07) is 13.7. The molecule has 0 aliphatic rings. The number of carbonyl (C=O) groups excluding carboxylic acids is 2. The number of aromatic nitrogens is 1. The van der Waals surface area contributed by atoms with Crippen molar-refractivity contribution >= 4 is 28.8 Å². The van der Waals surface area contributed by atoms with E-state index in [1.165, 1.54) is 0 Å². The van der Waals surface area contributed by atoms with Gasteiger partial charge in [-0.2, -0.15) is 0 Å². The lowest BCUT2D eigenvalue weighted by molar-refractivity contribution is -0.116. The van der Waals surface area contributed by atoms with Crippen molar-refractivity contribution in [3.8, 4) is 0 Å². The predicted molar refractivity (Wildman–Crippen MR) is 101 cm³/mol. The van der Waals surface area contributed by atoms with Crippen molar-refractivity contribution in [3.63, 3.8) is 0 Å². The number of amides is 1. The minimum Gasteiger partial charge on any atom is -0.337 e. The van der Waals surface area contributed by atoms with Gasteiger partial charge in [0.25, 0.3) is 0 Å². The van der Waals surface area contributed by atoms with Crippen LogP contribution in [0.1, 0.15) is 41.3 Å². The molecule has 4 nitrogen and oxygen atoms in total. The van der Waals surface area contributed by atoms with E-state index in [9.17, 15) is 9.59 Å². The Bertz CT molecular complexity index is 938. The third-order valence-corrected chi connectivity index (χ3v) is 4.45. The van der Waals surface area contributed by atoms with Gasteiger partial charge in [0.1, 0.15) is 6.54 Å². The molecule has 1 amide bonds. The molecule has 0 radical (unpaired) electrons. The van der Waals surface area contributed by atoms with Gasteiger partial charge < -0.3 is 9.88 Å². The Hall–Kier alpha value is -2.88. The number of hydrogen-bond acceptors (Lipinski definition) is 2. The monoisotopic (exact) mass is 334 g/mol. The SMILES string of the molecule is Cc1cccc(C(C)C)c1NC(=O)Cn1cc(C=O)c2ccccc21. The Morgan fingerprint density at radius 3 is 2.64 bits per heavy atom. The van der Waals surface area contributed by atoms with Crippen LogP contribution < -0.4 is 5.32 Å². The van der Waals surface area contributed by atoms with E-state index in [1.807, 2.05) is 54.0 Å². The first-order valence-electron chi connectivity index (χ1n) is 8.43. The van der Waals surface area contributed by atoms with Gasteiger partial charge in [0.15, 0.2) is 6.29 Å². The summed E-state index contributed by atoms with van der Waals surface area (Å²) in [5, 5.41) is 3.92. The molecule has 25 heavy (non-hydrogen) atoms. The topological polar surface area (TPSA) is 51.1 Å². The van der Waals surface area contributed by atoms with Crippen molar-refractivity contribution in [2.45, 2.75) is 33.2 Å². The standard InChI is InChI=1S/C21H22N2O2/c1-14(2)17-9-6-7-15(3)21(17)22-20(25)12-23-11-16(13-24)18-8-4-5-10-19(18)23/h4-11,13-14H,12H2,1-3H3,(H,22,25). The van der Waals surface area contributed by atoms with E-state index in [0.717, 1.165) is 34.0 Å². The first-order valence-corrected chi connectivity index (χ1v) is 8.43. The summed E-state index contributed by atoms with van der Waals surface area (Å²) in [5.74, 6) is 0.221. The molecule has 0 unspecified atom stereocenters. The zero-order chi connectivity index (χ0) is 18.0. The van der Waals surface area contributed by atoms with Crippen LogP contribution in [0.3, 0.4) is 0 Å². The number of carbonyl (C=O) groups is 2. The summed E-state index contributed by atoms with van der Waals surface area (Å²) in [4.78, 5) is 23.9. The summed E-state index contributed by atoms with van der Waals surface area (Å²) < 4.78 is 1.82. The fourth-order valence-electron chi connectivity index (χ4n) is 3.18. The Morgan fingerprint density at radius 1 is 1.16 bits per heavy atom. The molecule has 0 fully saturated rings. The predicted octanol–water partition coefficient (Wildman–Crippen LogP) is 4.52. The summed E-state index contributed by atoms with van der Waals surface area (Å²) >= 11 is 0. The van der Waals surface area contributed by atoms with Gasteiger partial charge in [-0.25, -0.2) is 0 Å². The normalized spacial score (nSPS) is 11.0. The molecule has 1 heterocycles. The fraction of sp³-hybridized carbons (Fsp3) is 0.238. The number of aldehydes is 1. The van der Waals surface area contributed by atoms with Gasteiger partial charge in [0.2, 0.25) is 5.91 Å². The molecular formula is C21H22N2O2. The number of anilines is 1.